The molecule has 14 heavy (non-hydrogen) atoms. The first kappa shape index (κ1) is 9.88. The second-order valence-corrected chi connectivity index (χ2v) is 4.95. The van der Waals surface area contributed by atoms with Crippen LogP contribution in [0.3, 0.4) is 0 Å². The van der Waals surface area contributed by atoms with E-state index in [2.05, 4.69) is 30.5 Å². The zero-order valence-corrected chi connectivity index (χ0v) is 9.42. The van der Waals surface area contributed by atoms with Crippen molar-refractivity contribution < 1.29 is 0 Å². The molecule has 0 radical (unpaired) electrons. The van der Waals surface area contributed by atoms with Gasteiger partial charge in [0.2, 0.25) is 0 Å². The molecule has 1 saturated carbocycles. The molecule has 2 nitrogen and oxygen atoms in total. The average molecular weight is 194 g/mol. The Hall–Kier alpha value is -0.660. The summed E-state index contributed by atoms with van der Waals surface area (Å²) in [6, 6.07) is 0.781. The monoisotopic (exact) mass is 194 g/mol. The lowest BCUT2D eigenvalue weighted by Crippen LogP contribution is -2.42. The van der Waals surface area contributed by atoms with E-state index < -0.39 is 0 Å². The lowest BCUT2D eigenvalue weighted by Gasteiger charge is -2.38. The molecule has 2 aliphatic rings. The molecule has 2 unspecified atom stereocenters. The molecule has 0 aromatic rings. The molecule has 0 bridgehead atoms. The average Bonchev–Trinajstić information content (AvgIpc) is 2.17. The molecule has 2 rings (SSSR count). The van der Waals surface area contributed by atoms with Gasteiger partial charge in [-0.2, -0.15) is 0 Å². The van der Waals surface area contributed by atoms with Crippen LogP contribution < -0.4 is 5.32 Å². The Morgan fingerprint density at radius 2 is 2.00 bits per heavy atom. The third kappa shape index (κ3) is 2.23. The molecule has 2 heteroatoms. The normalized spacial score (nSPS) is 34.9. The number of hydrogen-bond donors (Lipinski definition) is 1. The molecule has 0 amide bonds. The van der Waals surface area contributed by atoms with Crippen LogP contribution in [0.1, 0.15) is 38.5 Å². The third-order valence-corrected chi connectivity index (χ3v) is 3.48. The van der Waals surface area contributed by atoms with E-state index in [4.69, 9.17) is 0 Å². The van der Waals surface area contributed by atoms with Gasteiger partial charge in [-0.25, -0.2) is 0 Å². The molecule has 1 aliphatic carbocycles. The van der Waals surface area contributed by atoms with Gasteiger partial charge in [0.25, 0.3) is 0 Å². The highest BCUT2D eigenvalue weighted by atomic mass is 15.1. The number of allylic oxidation sites excluding steroid dienone is 1. The van der Waals surface area contributed by atoms with Crippen molar-refractivity contribution >= 4 is 0 Å². The molecule has 1 heterocycles. The first-order valence-electron chi connectivity index (χ1n) is 5.89. The molecule has 0 spiro atoms. The van der Waals surface area contributed by atoms with E-state index >= 15 is 0 Å². The summed E-state index contributed by atoms with van der Waals surface area (Å²) in [6.07, 6.45) is 10.6. The fourth-order valence-electron chi connectivity index (χ4n) is 2.81. The molecule has 0 aromatic heterocycles. The van der Waals surface area contributed by atoms with E-state index in [1.54, 1.807) is 0 Å². The van der Waals surface area contributed by atoms with Crippen molar-refractivity contribution in [2.24, 2.45) is 5.92 Å². The predicted octanol–water partition coefficient (Wildman–Crippen LogP) is 2.33. The number of rotatable bonds is 1. The Morgan fingerprint density at radius 1 is 1.21 bits per heavy atom. The van der Waals surface area contributed by atoms with Gasteiger partial charge in [0.15, 0.2) is 0 Å². The Morgan fingerprint density at radius 3 is 2.79 bits per heavy atom. The van der Waals surface area contributed by atoms with Crippen LogP contribution in [0.5, 0.6) is 0 Å². The van der Waals surface area contributed by atoms with Crippen molar-refractivity contribution in [3.8, 4) is 0 Å². The van der Waals surface area contributed by atoms with Gasteiger partial charge < -0.3 is 10.2 Å². The maximum absolute atomic E-state index is 3.71. The van der Waals surface area contributed by atoms with E-state index in [-0.39, 0.29) is 0 Å². The van der Waals surface area contributed by atoms with Crippen LogP contribution in [0, 0.1) is 5.92 Å². The standard InChI is InChI=1S/C12H22N2/c1-14(2)9-11-8-7-10-5-3-4-6-12(10)13-11/h9-10,12-13H,3-8H2,1-2H3. The molecule has 1 N–H and O–H groups in total. The summed E-state index contributed by atoms with van der Waals surface area (Å²) >= 11 is 0. The van der Waals surface area contributed by atoms with Crippen LogP contribution in [0.4, 0.5) is 0 Å². The van der Waals surface area contributed by atoms with Crippen LogP contribution in [0.15, 0.2) is 11.9 Å². The number of nitrogens with one attached hydrogen (secondary N) is 1. The number of piperidine rings is 1. The van der Waals surface area contributed by atoms with Gasteiger partial charge in [-0.3, -0.25) is 0 Å². The molecule has 2 fully saturated rings. The quantitative estimate of drug-likeness (QED) is 0.689. The van der Waals surface area contributed by atoms with E-state index in [1.165, 1.54) is 44.2 Å². The molecule has 1 saturated heterocycles. The molecular weight excluding hydrogens is 172 g/mol. The highest BCUT2D eigenvalue weighted by Gasteiger charge is 2.28. The molecule has 80 valence electrons. The smallest absolute Gasteiger partial charge is 0.0287 e. The zero-order valence-electron chi connectivity index (χ0n) is 9.42. The highest BCUT2D eigenvalue weighted by molar-refractivity contribution is 5.06. The topological polar surface area (TPSA) is 15.3 Å². The van der Waals surface area contributed by atoms with Crippen molar-refractivity contribution in [3.05, 3.63) is 11.9 Å². The van der Waals surface area contributed by atoms with E-state index in [0.717, 1.165) is 12.0 Å². The summed E-state index contributed by atoms with van der Waals surface area (Å²) in [5, 5.41) is 3.71. The Bertz CT molecular complexity index is 220. The fourth-order valence-corrected chi connectivity index (χ4v) is 2.81. The van der Waals surface area contributed by atoms with Gasteiger partial charge in [-0.15, -0.1) is 0 Å². The van der Waals surface area contributed by atoms with Gasteiger partial charge in [0.1, 0.15) is 0 Å². The lowest BCUT2D eigenvalue weighted by molar-refractivity contribution is 0.231. The van der Waals surface area contributed by atoms with E-state index in [9.17, 15) is 0 Å². The molecule has 0 aromatic carbocycles. The number of fused-ring (bicyclic) bond motifs is 1. The first-order valence-corrected chi connectivity index (χ1v) is 5.89. The first-order chi connectivity index (χ1) is 6.75. The summed E-state index contributed by atoms with van der Waals surface area (Å²) in [4.78, 5) is 2.14. The third-order valence-electron chi connectivity index (χ3n) is 3.48. The largest absolute Gasteiger partial charge is 0.384 e. The van der Waals surface area contributed by atoms with Crippen LogP contribution in [0.2, 0.25) is 0 Å². The van der Waals surface area contributed by atoms with Crippen LogP contribution in [0.25, 0.3) is 0 Å². The van der Waals surface area contributed by atoms with E-state index in [1.807, 2.05) is 0 Å². The summed E-state index contributed by atoms with van der Waals surface area (Å²) in [7, 11) is 4.20. The highest BCUT2D eigenvalue weighted by Crippen LogP contribution is 2.33. The SMILES string of the molecule is CN(C)C=C1CCC2CCCCC2N1. The Labute approximate surface area is 87.4 Å². The summed E-state index contributed by atoms with van der Waals surface area (Å²) in [5.74, 6) is 0.961. The van der Waals surface area contributed by atoms with Gasteiger partial charge in [-0.1, -0.05) is 12.8 Å². The van der Waals surface area contributed by atoms with Gasteiger partial charge in [-0.05, 0) is 31.6 Å². The Kier molecular flexibility index (Phi) is 2.99. The minimum atomic E-state index is 0.781. The van der Waals surface area contributed by atoms with Crippen LogP contribution in [-0.2, 0) is 0 Å². The molecule has 1 aliphatic heterocycles. The van der Waals surface area contributed by atoms with Crippen molar-refractivity contribution in [2.45, 2.75) is 44.6 Å². The zero-order chi connectivity index (χ0) is 9.97. The van der Waals surface area contributed by atoms with Gasteiger partial charge in [0.05, 0.1) is 0 Å². The summed E-state index contributed by atoms with van der Waals surface area (Å²) in [5.41, 5.74) is 1.44. The Balaban J connectivity index is 1.95. The minimum Gasteiger partial charge on any atom is -0.384 e. The fraction of sp³-hybridized carbons (Fsp3) is 0.833. The maximum Gasteiger partial charge on any atom is 0.0287 e. The van der Waals surface area contributed by atoms with Crippen molar-refractivity contribution in [1.82, 2.24) is 10.2 Å². The number of nitrogens with zero attached hydrogens (tertiary/aromatic N) is 1. The van der Waals surface area contributed by atoms with Crippen molar-refractivity contribution in [3.63, 3.8) is 0 Å². The van der Waals surface area contributed by atoms with Crippen LogP contribution >= 0.6 is 0 Å². The van der Waals surface area contributed by atoms with Gasteiger partial charge >= 0.3 is 0 Å². The minimum absolute atomic E-state index is 0.781. The summed E-state index contributed by atoms with van der Waals surface area (Å²) < 4.78 is 0. The van der Waals surface area contributed by atoms with Crippen molar-refractivity contribution in [2.75, 3.05) is 14.1 Å². The van der Waals surface area contributed by atoms with Crippen molar-refractivity contribution in [1.29, 1.82) is 0 Å². The molecular formula is C12H22N2. The van der Waals surface area contributed by atoms with Crippen LogP contribution in [-0.4, -0.2) is 25.0 Å². The lowest BCUT2D eigenvalue weighted by atomic mass is 9.79. The predicted molar refractivity (Wildman–Crippen MR) is 59.9 cm³/mol. The van der Waals surface area contributed by atoms with Gasteiger partial charge in [0, 0.05) is 32.0 Å². The maximum atomic E-state index is 3.71. The molecule has 2 atom stereocenters. The number of hydrogen-bond acceptors (Lipinski definition) is 2. The summed E-state index contributed by atoms with van der Waals surface area (Å²) in [6.45, 7) is 0. The second kappa shape index (κ2) is 4.24. The van der Waals surface area contributed by atoms with E-state index in [0.29, 0.717) is 0 Å². The second-order valence-electron chi connectivity index (χ2n) is 4.95.